The zero-order valence-corrected chi connectivity index (χ0v) is 18.8. The van der Waals surface area contributed by atoms with Crippen LogP contribution in [0.5, 0.6) is 5.75 Å². The van der Waals surface area contributed by atoms with E-state index in [2.05, 4.69) is 21.2 Å². The average molecular weight is 468 g/mol. The molecule has 2 atom stereocenters. The number of nitrogens with zero attached hydrogens (tertiary/aromatic N) is 3. The summed E-state index contributed by atoms with van der Waals surface area (Å²) in [7, 11) is 1.58. The molecular formula is C24H23ClFN5O2. The molecule has 2 heterocycles. The molecule has 170 valence electrons. The number of nitrogens with two attached hydrogens (primary N) is 1. The highest BCUT2D eigenvalue weighted by molar-refractivity contribution is 6.31. The van der Waals surface area contributed by atoms with E-state index in [4.69, 9.17) is 28.5 Å². The number of anilines is 2. The minimum absolute atomic E-state index is 0.00667. The molecule has 7 nitrogen and oxygen atoms in total. The molecule has 1 unspecified atom stereocenters. The Bertz CT molecular complexity index is 1250. The summed E-state index contributed by atoms with van der Waals surface area (Å²) in [4.78, 5) is 22.6. The van der Waals surface area contributed by atoms with E-state index in [1.165, 1.54) is 18.5 Å². The topological polar surface area (TPSA) is 93.4 Å². The van der Waals surface area contributed by atoms with Gasteiger partial charge in [0.15, 0.2) is 0 Å². The van der Waals surface area contributed by atoms with Crippen LogP contribution in [0.15, 0.2) is 36.7 Å². The van der Waals surface area contributed by atoms with Gasteiger partial charge < -0.3 is 15.8 Å². The minimum Gasteiger partial charge on any atom is -0.496 e. The number of likely N-dealkylation sites (tertiary alicyclic amines) is 1. The number of hydrogen-bond donors (Lipinski definition) is 2. The number of carbonyl (C=O) groups is 1. The molecule has 1 aliphatic heterocycles. The van der Waals surface area contributed by atoms with Crippen LogP contribution in [0.2, 0.25) is 5.02 Å². The van der Waals surface area contributed by atoms with Gasteiger partial charge in [0.05, 0.1) is 29.7 Å². The SMILES string of the molecule is C#CC(Cc1cc2c(Nc3ccc(F)c(Cl)c3)ncnc2cc1OC)N1CCC[C@@H]1C(N)=O. The zero-order valence-electron chi connectivity index (χ0n) is 18.0. The number of methoxy groups -OCH3 is 1. The van der Waals surface area contributed by atoms with Crippen LogP contribution in [-0.4, -0.2) is 46.5 Å². The molecule has 1 aromatic heterocycles. The zero-order chi connectivity index (χ0) is 23.5. The molecule has 2 aromatic carbocycles. The van der Waals surface area contributed by atoms with Crippen LogP contribution in [0, 0.1) is 18.2 Å². The Morgan fingerprint density at radius 2 is 2.24 bits per heavy atom. The number of fused-ring (bicyclic) bond motifs is 1. The molecular weight excluding hydrogens is 445 g/mol. The van der Waals surface area contributed by atoms with Gasteiger partial charge in [-0.05, 0) is 42.7 Å². The number of aromatic nitrogens is 2. The summed E-state index contributed by atoms with van der Waals surface area (Å²) in [5, 5.41) is 3.91. The third-order valence-electron chi connectivity index (χ3n) is 5.85. The fourth-order valence-corrected chi connectivity index (χ4v) is 4.42. The quantitative estimate of drug-likeness (QED) is 0.515. The number of benzene rings is 2. The van der Waals surface area contributed by atoms with E-state index < -0.39 is 5.82 Å². The molecule has 1 aliphatic rings. The van der Waals surface area contributed by atoms with Crippen molar-refractivity contribution in [3.8, 4) is 18.1 Å². The maximum Gasteiger partial charge on any atom is 0.234 e. The second-order valence-corrected chi connectivity index (χ2v) is 8.25. The number of ether oxygens (including phenoxy) is 1. The van der Waals surface area contributed by atoms with Crippen molar-refractivity contribution in [3.05, 3.63) is 53.1 Å². The number of primary amides is 1. The van der Waals surface area contributed by atoms with Crippen molar-refractivity contribution in [1.82, 2.24) is 14.9 Å². The number of rotatable bonds is 7. The van der Waals surface area contributed by atoms with Crippen LogP contribution in [0.4, 0.5) is 15.9 Å². The third-order valence-corrected chi connectivity index (χ3v) is 6.14. The molecule has 3 aromatic rings. The van der Waals surface area contributed by atoms with Gasteiger partial charge in [-0.15, -0.1) is 6.42 Å². The van der Waals surface area contributed by atoms with Gasteiger partial charge in [-0.3, -0.25) is 9.69 Å². The summed E-state index contributed by atoms with van der Waals surface area (Å²) in [6.45, 7) is 0.708. The first-order valence-corrected chi connectivity index (χ1v) is 10.8. The lowest BCUT2D eigenvalue weighted by Crippen LogP contribution is -2.46. The van der Waals surface area contributed by atoms with Gasteiger partial charge in [-0.1, -0.05) is 17.5 Å². The second kappa shape index (κ2) is 9.61. The number of nitrogens with one attached hydrogen (secondary N) is 1. The fourth-order valence-electron chi connectivity index (χ4n) is 4.24. The van der Waals surface area contributed by atoms with Gasteiger partial charge in [0.2, 0.25) is 5.91 Å². The van der Waals surface area contributed by atoms with Gasteiger partial charge in [-0.25, -0.2) is 14.4 Å². The van der Waals surface area contributed by atoms with Crippen molar-refractivity contribution in [1.29, 1.82) is 0 Å². The first kappa shape index (κ1) is 22.8. The fraction of sp³-hybridized carbons (Fsp3) is 0.292. The lowest BCUT2D eigenvalue weighted by molar-refractivity contribution is -0.122. The Balaban J connectivity index is 1.70. The first-order valence-electron chi connectivity index (χ1n) is 10.5. The monoisotopic (exact) mass is 467 g/mol. The summed E-state index contributed by atoms with van der Waals surface area (Å²) >= 11 is 5.91. The van der Waals surface area contributed by atoms with Gasteiger partial charge >= 0.3 is 0 Å². The highest BCUT2D eigenvalue weighted by Gasteiger charge is 2.34. The molecule has 0 bridgehead atoms. The van der Waals surface area contributed by atoms with Gasteiger partial charge in [0.1, 0.15) is 23.7 Å². The van der Waals surface area contributed by atoms with Gasteiger partial charge in [0.25, 0.3) is 0 Å². The molecule has 33 heavy (non-hydrogen) atoms. The van der Waals surface area contributed by atoms with E-state index in [0.717, 1.165) is 17.4 Å². The van der Waals surface area contributed by atoms with Crippen molar-refractivity contribution in [2.24, 2.45) is 5.73 Å². The molecule has 0 aliphatic carbocycles. The lowest BCUT2D eigenvalue weighted by Gasteiger charge is -2.28. The van der Waals surface area contributed by atoms with E-state index in [1.807, 2.05) is 17.0 Å². The van der Waals surface area contributed by atoms with Crippen molar-refractivity contribution in [2.75, 3.05) is 19.0 Å². The van der Waals surface area contributed by atoms with Gasteiger partial charge in [-0.2, -0.15) is 0 Å². The first-order chi connectivity index (χ1) is 15.9. The van der Waals surface area contributed by atoms with E-state index in [0.29, 0.717) is 42.2 Å². The third kappa shape index (κ3) is 4.70. The smallest absolute Gasteiger partial charge is 0.234 e. The maximum atomic E-state index is 13.5. The predicted molar refractivity (Wildman–Crippen MR) is 126 cm³/mol. The molecule has 1 fully saturated rings. The molecule has 0 radical (unpaired) electrons. The molecule has 0 saturated carbocycles. The number of hydrogen-bond acceptors (Lipinski definition) is 6. The van der Waals surface area contributed by atoms with Crippen molar-refractivity contribution in [2.45, 2.75) is 31.3 Å². The summed E-state index contributed by atoms with van der Waals surface area (Å²) in [5.74, 6) is 3.10. The Kier molecular flexibility index (Phi) is 6.63. The second-order valence-electron chi connectivity index (χ2n) is 7.84. The Morgan fingerprint density at radius 3 is 2.94 bits per heavy atom. The Hall–Kier alpha value is -3.41. The van der Waals surface area contributed by atoms with E-state index in [-0.39, 0.29) is 23.0 Å². The Labute approximate surface area is 196 Å². The van der Waals surface area contributed by atoms with Crippen LogP contribution in [0.1, 0.15) is 18.4 Å². The highest BCUT2D eigenvalue weighted by Crippen LogP contribution is 2.32. The summed E-state index contributed by atoms with van der Waals surface area (Å²) in [6.07, 6.45) is 9.31. The van der Waals surface area contributed by atoms with Crippen molar-refractivity contribution >= 4 is 39.9 Å². The molecule has 3 N–H and O–H groups in total. The number of carbonyl (C=O) groups excluding carboxylic acids is 1. The molecule has 1 amide bonds. The van der Waals surface area contributed by atoms with Crippen LogP contribution >= 0.6 is 11.6 Å². The van der Waals surface area contributed by atoms with Crippen molar-refractivity contribution in [3.63, 3.8) is 0 Å². The van der Waals surface area contributed by atoms with Crippen LogP contribution in [-0.2, 0) is 11.2 Å². The van der Waals surface area contributed by atoms with Gasteiger partial charge in [0, 0.05) is 30.1 Å². The number of terminal acetylenes is 1. The molecule has 1 saturated heterocycles. The standard InChI is InChI=1S/C24H23ClFN5O2/c1-3-16(31-8-4-5-21(31)23(27)32)9-14-10-17-20(12-22(14)33-2)28-13-29-24(17)30-15-6-7-19(26)18(25)11-15/h1,6-7,10-13,16,21H,4-5,8-9H2,2H3,(H2,27,32)(H,28,29,30)/t16?,21-/m1/s1. The normalized spacial score (nSPS) is 17.0. The van der Waals surface area contributed by atoms with E-state index in [9.17, 15) is 9.18 Å². The maximum absolute atomic E-state index is 13.5. The number of halogens is 2. The largest absolute Gasteiger partial charge is 0.496 e. The lowest BCUT2D eigenvalue weighted by atomic mass is 10.0. The molecule has 0 spiro atoms. The minimum atomic E-state index is -0.502. The summed E-state index contributed by atoms with van der Waals surface area (Å²) in [6, 6.07) is 7.38. The number of amides is 1. The van der Waals surface area contributed by atoms with E-state index in [1.54, 1.807) is 13.2 Å². The van der Waals surface area contributed by atoms with E-state index >= 15 is 0 Å². The predicted octanol–water partition coefficient (Wildman–Crippen LogP) is 3.67. The molecule has 4 rings (SSSR count). The average Bonchev–Trinajstić information content (AvgIpc) is 3.30. The molecule has 9 heteroatoms. The van der Waals surface area contributed by atoms with Crippen molar-refractivity contribution < 1.29 is 13.9 Å². The van der Waals surface area contributed by atoms with Crippen LogP contribution in [0.25, 0.3) is 10.9 Å². The highest BCUT2D eigenvalue weighted by atomic mass is 35.5. The Morgan fingerprint density at radius 1 is 1.42 bits per heavy atom. The summed E-state index contributed by atoms with van der Waals surface area (Å²) in [5.41, 5.74) is 7.68. The van der Waals surface area contributed by atoms with Crippen LogP contribution in [0.3, 0.4) is 0 Å². The summed E-state index contributed by atoms with van der Waals surface area (Å²) < 4.78 is 19.1. The van der Waals surface area contributed by atoms with Crippen LogP contribution < -0.4 is 15.8 Å².